The highest BCUT2D eigenvalue weighted by molar-refractivity contribution is 5.16. The van der Waals surface area contributed by atoms with E-state index in [4.69, 9.17) is 0 Å². The lowest BCUT2D eigenvalue weighted by Gasteiger charge is -2.01. The number of rotatable bonds is 1. The molecule has 0 N–H and O–H groups in total. The van der Waals surface area contributed by atoms with Crippen LogP contribution in [-0.2, 0) is 0 Å². The fourth-order valence-corrected chi connectivity index (χ4v) is 2.76. The maximum atomic E-state index is 3.96. The van der Waals surface area contributed by atoms with Crippen molar-refractivity contribution in [1.82, 2.24) is 0 Å². The zero-order chi connectivity index (χ0) is 17.1. The lowest BCUT2D eigenvalue weighted by atomic mass is 10.0. The molecule has 0 amide bonds. The lowest BCUT2D eigenvalue weighted by molar-refractivity contribution is 0.745. The molecule has 0 radical (unpaired) electrons. The zero-order valence-electron chi connectivity index (χ0n) is 15.5. The van der Waals surface area contributed by atoms with Crippen molar-refractivity contribution in [2.24, 2.45) is 0 Å². The van der Waals surface area contributed by atoms with Crippen LogP contribution in [0.1, 0.15) is 77.0 Å². The van der Waals surface area contributed by atoms with E-state index in [1.807, 2.05) is 6.08 Å². The van der Waals surface area contributed by atoms with E-state index >= 15 is 0 Å². The van der Waals surface area contributed by atoms with Crippen molar-refractivity contribution in [2.45, 2.75) is 77.0 Å². The Balaban J connectivity index is 2.41. The number of hydrogen-bond acceptors (Lipinski definition) is 0. The van der Waals surface area contributed by atoms with Gasteiger partial charge in [-0.05, 0) is 77.0 Å². The van der Waals surface area contributed by atoms with Crippen LogP contribution in [0.25, 0.3) is 0 Å². The minimum absolute atomic E-state index is 1.14. The fourth-order valence-electron chi connectivity index (χ4n) is 2.76. The SMILES string of the molecule is C=CC1=CCCC=CCCC=CCCC=CCCC=CCCCC1. The first-order chi connectivity index (χ1) is 11.9. The van der Waals surface area contributed by atoms with Crippen LogP contribution in [0.4, 0.5) is 0 Å². The van der Waals surface area contributed by atoms with Crippen LogP contribution in [0, 0.1) is 0 Å². The summed E-state index contributed by atoms with van der Waals surface area (Å²) in [4.78, 5) is 0. The van der Waals surface area contributed by atoms with Gasteiger partial charge in [-0.3, -0.25) is 0 Å². The number of hydrogen-bond donors (Lipinski definition) is 0. The highest BCUT2D eigenvalue weighted by Gasteiger charge is 1.92. The van der Waals surface area contributed by atoms with Gasteiger partial charge in [0.15, 0.2) is 0 Å². The molecule has 1 aliphatic rings. The Morgan fingerprint density at radius 2 is 0.958 bits per heavy atom. The standard InChI is InChI=1S/C24H36/c1-2-24-22-20-18-16-14-12-10-8-6-4-3-5-7-9-11-13-15-17-19-21-23-24/h2,4,6-7,9,12,14-15,17,23H,1,3,5,8,10-11,13,16,18-22H2. The first-order valence-corrected chi connectivity index (χ1v) is 9.85. The molecule has 0 aliphatic heterocycles. The minimum Gasteiger partial charge on any atom is -0.0988 e. The molecule has 0 aromatic rings. The Bertz CT molecular complexity index is 443. The highest BCUT2D eigenvalue weighted by Crippen LogP contribution is 2.12. The molecular weight excluding hydrogens is 288 g/mol. The van der Waals surface area contributed by atoms with Gasteiger partial charge in [0.2, 0.25) is 0 Å². The van der Waals surface area contributed by atoms with E-state index in [2.05, 4.69) is 61.3 Å². The third kappa shape index (κ3) is 12.9. The van der Waals surface area contributed by atoms with Crippen LogP contribution in [0.3, 0.4) is 0 Å². The summed E-state index contributed by atoms with van der Waals surface area (Å²) in [7, 11) is 0. The number of allylic oxidation sites excluding steroid dienone is 11. The van der Waals surface area contributed by atoms with Crippen LogP contribution >= 0.6 is 0 Å². The summed E-state index contributed by atoms with van der Waals surface area (Å²) in [5.74, 6) is 0. The van der Waals surface area contributed by atoms with Crippen LogP contribution in [0.15, 0.2) is 72.9 Å². The second-order valence-electron chi connectivity index (χ2n) is 6.42. The molecule has 0 bridgehead atoms. The van der Waals surface area contributed by atoms with Gasteiger partial charge in [-0.25, -0.2) is 0 Å². The zero-order valence-corrected chi connectivity index (χ0v) is 15.5. The van der Waals surface area contributed by atoms with Gasteiger partial charge in [0.1, 0.15) is 0 Å². The van der Waals surface area contributed by atoms with Crippen molar-refractivity contribution < 1.29 is 0 Å². The molecule has 0 aromatic heterocycles. The Morgan fingerprint density at radius 1 is 0.542 bits per heavy atom. The van der Waals surface area contributed by atoms with Gasteiger partial charge in [0.05, 0.1) is 0 Å². The molecule has 0 spiro atoms. The maximum absolute atomic E-state index is 3.96. The molecular formula is C24H36. The van der Waals surface area contributed by atoms with Gasteiger partial charge in [0.25, 0.3) is 0 Å². The van der Waals surface area contributed by atoms with Gasteiger partial charge < -0.3 is 0 Å². The summed E-state index contributed by atoms with van der Waals surface area (Å²) in [6.07, 6.45) is 37.3. The van der Waals surface area contributed by atoms with E-state index in [0.29, 0.717) is 0 Å². The van der Waals surface area contributed by atoms with E-state index < -0.39 is 0 Å². The summed E-state index contributed by atoms with van der Waals surface area (Å²) in [5.41, 5.74) is 1.42. The molecule has 0 aromatic carbocycles. The minimum atomic E-state index is 1.14. The molecule has 0 heteroatoms. The molecule has 0 unspecified atom stereocenters. The van der Waals surface area contributed by atoms with Crippen molar-refractivity contribution in [2.75, 3.05) is 0 Å². The Morgan fingerprint density at radius 3 is 1.42 bits per heavy atom. The molecule has 0 saturated heterocycles. The molecule has 1 aliphatic carbocycles. The largest absolute Gasteiger partial charge is 0.0988 e. The average Bonchev–Trinajstić information content (AvgIpc) is 2.60. The predicted molar refractivity (Wildman–Crippen MR) is 110 cm³/mol. The Hall–Kier alpha value is -1.56. The summed E-state index contributed by atoms with van der Waals surface area (Å²) >= 11 is 0. The maximum Gasteiger partial charge on any atom is -0.0282 e. The molecule has 24 heavy (non-hydrogen) atoms. The molecule has 0 fully saturated rings. The predicted octanol–water partition coefficient (Wildman–Crippen LogP) is 8.02. The van der Waals surface area contributed by atoms with E-state index in [0.717, 1.165) is 19.3 Å². The van der Waals surface area contributed by atoms with Gasteiger partial charge >= 0.3 is 0 Å². The second-order valence-corrected chi connectivity index (χ2v) is 6.42. The lowest BCUT2D eigenvalue weighted by Crippen LogP contribution is -1.81. The highest BCUT2D eigenvalue weighted by atomic mass is 14.0. The molecule has 0 heterocycles. The van der Waals surface area contributed by atoms with Crippen molar-refractivity contribution in [1.29, 1.82) is 0 Å². The van der Waals surface area contributed by atoms with Crippen molar-refractivity contribution in [3.63, 3.8) is 0 Å². The van der Waals surface area contributed by atoms with Crippen molar-refractivity contribution in [3.8, 4) is 0 Å². The summed E-state index contributed by atoms with van der Waals surface area (Å²) in [5, 5.41) is 0. The first-order valence-electron chi connectivity index (χ1n) is 9.85. The van der Waals surface area contributed by atoms with Crippen molar-refractivity contribution >= 4 is 0 Å². The Labute approximate surface area is 150 Å². The summed E-state index contributed by atoms with van der Waals surface area (Å²) in [6.45, 7) is 3.96. The fraction of sp³-hybridized carbons (Fsp3) is 0.500. The molecule has 1 rings (SSSR count). The average molecular weight is 325 g/mol. The van der Waals surface area contributed by atoms with E-state index in [9.17, 15) is 0 Å². The summed E-state index contributed by atoms with van der Waals surface area (Å²) in [6, 6.07) is 0. The van der Waals surface area contributed by atoms with Crippen LogP contribution in [-0.4, -0.2) is 0 Å². The smallest absolute Gasteiger partial charge is 0.0282 e. The van der Waals surface area contributed by atoms with Crippen LogP contribution in [0.5, 0.6) is 0 Å². The topological polar surface area (TPSA) is 0 Å². The third-order valence-electron chi connectivity index (χ3n) is 4.25. The molecule has 0 saturated carbocycles. The van der Waals surface area contributed by atoms with Crippen LogP contribution in [0.2, 0.25) is 0 Å². The van der Waals surface area contributed by atoms with Gasteiger partial charge in [-0.15, -0.1) is 0 Å². The van der Waals surface area contributed by atoms with E-state index in [-0.39, 0.29) is 0 Å². The van der Waals surface area contributed by atoms with Gasteiger partial charge in [0, 0.05) is 0 Å². The Kier molecular flexibility index (Phi) is 13.9. The molecule has 0 nitrogen and oxygen atoms in total. The van der Waals surface area contributed by atoms with Gasteiger partial charge in [-0.1, -0.05) is 72.9 Å². The molecule has 0 atom stereocenters. The summed E-state index contributed by atoms with van der Waals surface area (Å²) < 4.78 is 0. The normalized spacial score (nSPS) is 19.9. The van der Waals surface area contributed by atoms with Gasteiger partial charge in [-0.2, -0.15) is 0 Å². The molecule has 132 valence electrons. The van der Waals surface area contributed by atoms with Crippen molar-refractivity contribution in [3.05, 3.63) is 72.9 Å². The second kappa shape index (κ2) is 16.3. The first kappa shape index (κ1) is 20.5. The quantitative estimate of drug-likeness (QED) is 0.428. The monoisotopic (exact) mass is 324 g/mol. The van der Waals surface area contributed by atoms with Crippen LogP contribution < -0.4 is 0 Å². The van der Waals surface area contributed by atoms with E-state index in [1.165, 1.54) is 63.4 Å². The van der Waals surface area contributed by atoms with E-state index in [1.54, 1.807) is 0 Å². The third-order valence-corrected chi connectivity index (χ3v) is 4.25.